The second kappa shape index (κ2) is 5.46. The highest BCUT2D eigenvalue weighted by molar-refractivity contribution is 7.17. The lowest BCUT2D eigenvalue weighted by Crippen LogP contribution is -2.26. The molecule has 1 aromatic heterocycles. The van der Waals surface area contributed by atoms with Crippen LogP contribution >= 0.6 is 11.3 Å². The number of nitrogens with one attached hydrogen (secondary N) is 1. The Bertz CT molecular complexity index is 646. The number of carbonyl (C=O) groups is 1. The number of hydrogen-bond acceptors (Lipinski definition) is 6. The summed E-state index contributed by atoms with van der Waals surface area (Å²) in [5.74, 6) is -0.290. The Kier molecular flexibility index (Phi) is 3.73. The van der Waals surface area contributed by atoms with Crippen molar-refractivity contribution in [3.63, 3.8) is 0 Å². The first-order valence-electron chi connectivity index (χ1n) is 5.45. The van der Waals surface area contributed by atoms with Crippen molar-refractivity contribution in [1.29, 1.82) is 5.26 Å². The Morgan fingerprint density at radius 3 is 2.79 bits per heavy atom. The first-order chi connectivity index (χ1) is 9.17. The van der Waals surface area contributed by atoms with Crippen molar-refractivity contribution in [2.75, 3.05) is 24.3 Å². The molecule has 0 aliphatic rings. The summed E-state index contributed by atoms with van der Waals surface area (Å²) in [4.78, 5) is 13.6. The Morgan fingerprint density at radius 2 is 2.16 bits per heavy atom. The summed E-state index contributed by atoms with van der Waals surface area (Å²) in [6.45, 7) is 0. The van der Waals surface area contributed by atoms with Gasteiger partial charge in [-0.25, -0.2) is 0 Å². The summed E-state index contributed by atoms with van der Waals surface area (Å²) in [5.41, 5.74) is 0.993. The molecule has 0 aliphatic heterocycles. The van der Waals surface area contributed by atoms with Gasteiger partial charge in [-0.1, -0.05) is 23.5 Å². The van der Waals surface area contributed by atoms with Crippen LogP contribution in [0, 0.1) is 11.3 Å². The van der Waals surface area contributed by atoms with Gasteiger partial charge < -0.3 is 10.2 Å². The summed E-state index contributed by atoms with van der Waals surface area (Å²) in [6.07, 6.45) is 0. The number of amides is 1. The van der Waals surface area contributed by atoms with Gasteiger partial charge in [0.25, 0.3) is 5.91 Å². The maximum Gasteiger partial charge on any atom is 0.289 e. The van der Waals surface area contributed by atoms with E-state index in [1.165, 1.54) is 16.2 Å². The van der Waals surface area contributed by atoms with Crippen LogP contribution < -0.4 is 10.2 Å². The minimum Gasteiger partial charge on any atom is -0.363 e. The van der Waals surface area contributed by atoms with E-state index in [2.05, 4.69) is 21.6 Å². The predicted octanol–water partition coefficient (Wildman–Crippen LogP) is 1.73. The highest BCUT2D eigenvalue weighted by atomic mass is 32.1. The van der Waals surface area contributed by atoms with Gasteiger partial charge in [-0.3, -0.25) is 4.79 Å². The van der Waals surface area contributed by atoms with Crippen LogP contribution in [-0.4, -0.2) is 30.2 Å². The van der Waals surface area contributed by atoms with Crippen molar-refractivity contribution in [2.45, 2.75) is 0 Å². The fourth-order valence-electron chi connectivity index (χ4n) is 1.52. The normalized spacial score (nSPS) is 9.74. The minimum atomic E-state index is -0.290. The SMILES string of the molecule is CNc1nnc(C(=O)N(C)c2ccccc2C#N)s1. The first kappa shape index (κ1) is 13.0. The molecule has 0 saturated carbocycles. The van der Waals surface area contributed by atoms with Crippen LogP contribution in [0.4, 0.5) is 10.8 Å². The fourth-order valence-corrected chi connectivity index (χ4v) is 2.20. The van der Waals surface area contributed by atoms with E-state index in [0.29, 0.717) is 16.4 Å². The minimum absolute atomic E-state index is 0.277. The van der Waals surface area contributed by atoms with E-state index >= 15 is 0 Å². The Labute approximate surface area is 114 Å². The Morgan fingerprint density at radius 1 is 1.42 bits per heavy atom. The Balaban J connectivity index is 2.31. The summed E-state index contributed by atoms with van der Waals surface area (Å²) in [7, 11) is 3.32. The molecule has 0 bridgehead atoms. The van der Waals surface area contributed by atoms with Crippen LogP contribution in [0.1, 0.15) is 15.4 Å². The molecule has 6 nitrogen and oxygen atoms in total. The predicted molar refractivity (Wildman–Crippen MR) is 73.3 cm³/mol. The van der Waals surface area contributed by atoms with Crippen molar-refractivity contribution in [1.82, 2.24) is 10.2 Å². The quantitative estimate of drug-likeness (QED) is 0.921. The van der Waals surface area contributed by atoms with Gasteiger partial charge >= 0.3 is 0 Å². The smallest absolute Gasteiger partial charge is 0.289 e. The van der Waals surface area contributed by atoms with Crippen LogP contribution in [0.5, 0.6) is 0 Å². The summed E-state index contributed by atoms with van der Waals surface area (Å²) >= 11 is 1.17. The summed E-state index contributed by atoms with van der Waals surface area (Å²) in [6, 6.07) is 8.98. The number of aromatic nitrogens is 2. The van der Waals surface area contributed by atoms with Crippen LogP contribution in [0.2, 0.25) is 0 Å². The van der Waals surface area contributed by atoms with E-state index in [-0.39, 0.29) is 10.9 Å². The molecule has 19 heavy (non-hydrogen) atoms. The van der Waals surface area contributed by atoms with Gasteiger partial charge in [0.1, 0.15) is 6.07 Å². The number of nitriles is 1. The van der Waals surface area contributed by atoms with E-state index < -0.39 is 0 Å². The van der Waals surface area contributed by atoms with Crippen LogP contribution in [-0.2, 0) is 0 Å². The molecule has 0 spiro atoms. The zero-order valence-electron chi connectivity index (χ0n) is 10.4. The van der Waals surface area contributed by atoms with Crippen LogP contribution in [0.15, 0.2) is 24.3 Å². The lowest BCUT2D eigenvalue weighted by atomic mass is 10.2. The molecular weight excluding hydrogens is 262 g/mol. The third kappa shape index (κ3) is 2.53. The number of carbonyl (C=O) groups excluding carboxylic acids is 1. The maximum atomic E-state index is 12.2. The number of rotatable bonds is 3. The number of para-hydroxylation sites is 1. The van der Waals surface area contributed by atoms with Crippen LogP contribution in [0.3, 0.4) is 0 Å². The van der Waals surface area contributed by atoms with Gasteiger partial charge in [0, 0.05) is 14.1 Å². The third-order valence-corrected chi connectivity index (χ3v) is 3.44. The van der Waals surface area contributed by atoms with Gasteiger partial charge in [0.05, 0.1) is 11.3 Å². The zero-order valence-corrected chi connectivity index (χ0v) is 11.2. The highest BCUT2D eigenvalue weighted by Gasteiger charge is 2.20. The average molecular weight is 273 g/mol. The molecule has 0 radical (unpaired) electrons. The molecule has 96 valence electrons. The lowest BCUT2D eigenvalue weighted by molar-refractivity contribution is 0.0992. The van der Waals surface area contributed by atoms with Crippen molar-refractivity contribution in [3.8, 4) is 6.07 Å². The van der Waals surface area contributed by atoms with E-state index in [9.17, 15) is 4.79 Å². The first-order valence-corrected chi connectivity index (χ1v) is 6.27. The molecule has 1 amide bonds. The molecule has 2 aromatic rings. The summed E-state index contributed by atoms with van der Waals surface area (Å²) in [5, 5.41) is 20.4. The van der Waals surface area contributed by atoms with Crippen molar-refractivity contribution >= 4 is 28.1 Å². The molecular formula is C12H11N5OS. The van der Waals surface area contributed by atoms with Crippen molar-refractivity contribution in [3.05, 3.63) is 34.8 Å². The van der Waals surface area contributed by atoms with Crippen LogP contribution in [0.25, 0.3) is 0 Å². The van der Waals surface area contributed by atoms with Gasteiger partial charge in [0.2, 0.25) is 10.1 Å². The van der Waals surface area contributed by atoms with E-state index in [1.807, 2.05) is 0 Å². The second-order valence-electron chi connectivity index (χ2n) is 3.66. The molecule has 0 fully saturated rings. The highest BCUT2D eigenvalue weighted by Crippen LogP contribution is 2.22. The van der Waals surface area contributed by atoms with Gasteiger partial charge in [-0.2, -0.15) is 5.26 Å². The van der Waals surface area contributed by atoms with Gasteiger partial charge in [0.15, 0.2) is 0 Å². The van der Waals surface area contributed by atoms with E-state index in [1.54, 1.807) is 38.4 Å². The van der Waals surface area contributed by atoms with E-state index in [0.717, 1.165) is 0 Å². The van der Waals surface area contributed by atoms with Crippen molar-refractivity contribution < 1.29 is 4.79 Å². The lowest BCUT2D eigenvalue weighted by Gasteiger charge is -2.16. The zero-order chi connectivity index (χ0) is 13.8. The molecule has 0 unspecified atom stereocenters. The number of benzene rings is 1. The Hall–Kier alpha value is -2.46. The molecule has 2 rings (SSSR count). The molecule has 1 aromatic carbocycles. The van der Waals surface area contributed by atoms with Gasteiger partial charge in [-0.05, 0) is 12.1 Å². The standard InChI is InChI=1S/C12H11N5OS/c1-14-12-16-15-10(19-12)11(18)17(2)9-6-4-3-5-8(9)7-13/h3-6H,1-2H3,(H,14,16). The fraction of sp³-hybridized carbons (Fsp3) is 0.167. The molecule has 7 heteroatoms. The molecule has 0 aliphatic carbocycles. The molecule has 1 N–H and O–H groups in total. The van der Waals surface area contributed by atoms with E-state index in [4.69, 9.17) is 5.26 Å². The van der Waals surface area contributed by atoms with Gasteiger partial charge in [-0.15, -0.1) is 10.2 Å². The molecule has 0 saturated heterocycles. The number of hydrogen-bond donors (Lipinski definition) is 1. The molecule has 0 atom stereocenters. The summed E-state index contributed by atoms with van der Waals surface area (Å²) < 4.78 is 0. The average Bonchev–Trinajstić information content (AvgIpc) is 2.94. The second-order valence-corrected chi connectivity index (χ2v) is 4.63. The number of nitrogens with zero attached hydrogens (tertiary/aromatic N) is 4. The number of anilines is 2. The maximum absolute atomic E-state index is 12.2. The largest absolute Gasteiger partial charge is 0.363 e. The van der Waals surface area contributed by atoms with Crippen molar-refractivity contribution in [2.24, 2.45) is 0 Å². The monoisotopic (exact) mass is 273 g/mol. The third-order valence-electron chi connectivity index (χ3n) is 2.51. The molecule has 1 heterocycles. The topological polar surface area (TPSA) is 81.9 Å².